The van der Waals surface area contributed by atoms with Crippen LogP contribution in [0.2, 0.25) is 0 Å². The van der Waals surface area contributed by atoms with E-state index in [4.69, 9.17) is 0 Å². The molecule has 0 saturated heterocycles. The van der Waals surface area contributed by atoms with Crippen LogP contribution in [-0.2, 0) is 5.41 Å². The Hall–Kier alpha value is -8.20. The molecule has 2 nitrogen and oxygen atoms in total. The summed E-state index contributed by atoms with van der Waals surface area (Å²) in [4.78, 5) is 4.99. The van der Waals surface area contributed by atoms with Gasteiger partial charge in [-0.05, 0) is 110 Å². The lowest BCUT2D eigenvalue weighted by atomic mass is 9.64. The Morgan fingerprint density at radius 2 is 0.778 bits per heavy atom. The number of anilines is 6. The molecule has 0 aromatic heterocycles. The smallest absolute Gasteiger partial charge is 0.0774 e. The van der Waals surface area contributed by atoms with Crippen molar-refractivity contribution in [2.75, 3.05) is 9.80 Å². The van der Waals surface area contributed by atoms with Gasteiger partial charge in [-0.1, -0.05) is 200 Å². The molecule has 1 aliphatic carbocycles. The molecule has 1 aliphatic heterocycles. The van der Waals surface area contributed by atoms with Gasteiger partial charge < -0.3 is 9.80 Å². The molecule has 12 rings (SSSR count). The zero-order chi connectivity index (χ0) is 41.7. The molecular formula is C61H42N2. The standard InChI is InChI=1S/C61H42N2/c1-5-20-43(21-6-1)45-36-39-49(40-37-45)62(56-41-38-47(44-22-7-2-8-23-44)42-52(56)46-24-9-3-10-25-46)59-35-19-29-51-50-28-13-14-30-53(50)61(60(51)59)54-31-15-17-33-57(54)63(48-26-11-4-12-27-48)58-34-18-16-32-55(58)61/h1-42H. The first-order valence-electron chi connectivity index (χ1n) is 21.8. The van der Waals surface area contributed by atoms with Crippen molar-refractivity contribution in [1.82, 2.24) is 0 Å². The predicted molar refractivity (Wildman–Crippen MR) is 263 cm³/mol. The molecule has 1 heterocycles. The second-order valence-electron chi connectivity index (χ2n) is 16.4. The van der Waals surface area contributed by atoms with Gasteiger partial charge in [-0.2, -0.15) is 0 Å². The van der Waals surface area contributed by atoms with Crippen LogP contribution in [0.1, 0.15) is 22.3 Å². The van der Waals surface area contributed by atoms with Crippen LogP contribution in [0.4, 0.5) is 34.1 Å². The number of fused-ring (bicyclic) bond motifs is 9. The lowest BCUT2D eigenvalue weighted by Crippen LogP contribution is -2.37. The summed E-state index contributed by atoms with van der Waals surface area (Å²) >= 11 is 0. The summed E-state index contributed by atoms with van der Waals surface area (Å²) in [5.74, 6) is 0. The monoisotopic (exact) mass is 802 g/mol. The van der Waals surface area contributed by atoms with Crippen LogP contribution in [0.3, 0.4) is 0 Å². The highest BCUT2D eigenvalue weighted by atomic mass is 15.2. The Labute approximate surface area is 369 Å². The Balaban J connectivity index is 1.18. The maximum atomic E-state index is 2.53. The number of hydrogen-bond donors (Lipinski definition) is 0. The Bertz CT molecular complexity index is 3220. The second-order valence-corrected chi connectivity index (χ2v) is 16.4. The minimum Gasteiger partial charge on any atom is -0.310 e. The fourth-order valence-corrected chi connectivity index (χ4v) is 10.4. The van der Waals surface area contributed by atoms with Gasteiger partial charge in [0.1, 0.15) is 0 Å². The average Bonchev–Trinajstić information content (AvgIpc) is 3.67. The van der Waals surface area contributed by atoms with Crippen LogP contribution >= 0.6 is 0 Å². The maximum absolute atomic E-state index is 2.53. The highest BCUT2D eigenvalue weighted by molar-refractivity contribution is 6.01. The Morgan fingerprint density at radius 1 is 0.302 bits per heavy atom. The van der Waals surface area contributed by atoms with E-state index in [0.717, 1.165) is 33.9 Å². The molecule has 1 spiro atoms. The third-order valence-corrected chi connectivity index (χ3v) is 13.1. The molecule has 0 radical (unpaired) electrons. The van der Waals surface area contributed by atoms with E-state index in [2.05, 4.69) is 265 Å². The molecule has 0 amide bonds. The van der Waals surface area contributed by atoms with E-state index in [0.29, 0.717) is 0 Å². The van der Waals surface area contributed by atoms with Crippen molar-refractivity contribution in [2.45, 2.75) is 5.41 Å². The van der Waals surface area contributed by atoms with Crippen LogP contribution in [0.15, 0.2) is 255 Å². The van der Waals surface area contributed by atoms with Gasteiger partial charge in [-0.15, -0.1) is 0 Å². The molecule has 296 valence electrons. The van der Waals surface area contributed by atoms with Crippen molar-refractivity contribution in [3.05, 3.63) is 277 Å². The summed E-state index contributed by atoms with van der Waals surface area (Å²) in [5, 5.41) is 0. The molecule has 0 atom stereocenters. The zero-order valence-corrected chi connectivity index (χ0v) is 34.6. The summed E-state index contributed by atoms with van der Waals surface area (Å²) in [7, 11) is 0. The quantitative estimate of drug-likeness (QED) is 0.158. The second kappa shape index (κ2) is 15.1. The molecule has 0 saturated carbocycles. The van der Waals surface area contributed by atoms with Crippen LogP contribution in [0.5, 0.6) is 0 Å². The molecular weight excluding hydrogens is 761 g/mol. The minimum absolute atomic E-state index is 0.653. The van der Waals surface area contributed by atoms with E-state index in [1.807, 2.05) is 0 Å². The third kappa shape index (κ3) is 5.80. The SMILES string of the molecule is c1ccc(-c2ccc(N(c3ccc(-c4ccccc4)cc3-c3ccccc3)c3cccc4c3C3(c5ccccc5-4)c4ccccc4N(c4ccccc4)c4ccccc43)cc2)cc1. The van der Waals surface area contributed by atoms with E-state index in [9.17, 15) is 0 Å². The summed E-state index contributed by atoms with van der Waals surface area (Å²) in [6.07, 6.45) is 0. The van der Waals surface area contributed by atoms with Crippen molar-refractivity contribution in [1.29, 1.82) is 0 Å². The van der Waals surface area contributed by atoms with Crippen molar-refractivity contribution >= 4 is 34.1 Å². The van der Waals surface area contributed by atoms with Crippen molar-refractivity contribution < 1.29 is 0 Å². The fourth-order valence-electron chi connectivity index (χ4n) is 10.4. The van der Waals surface area contributed by atoms with Crippen LogP contribution in [0, 0.1) is 0 Å². The number of nitrogens with zero attached hydrogens (tertiary/aromatic N) is 2. The molecule has 0 bridgehead atoms. The number of para-hydroxylation sites is 3. The van der Waals surface area contributed by atoms with Crippen molar-refractivity contribution in [3.8, 4) is 44.5 Å². The Kier molecular flexibility index (Phi) is 8.76. The third-order valence-electron chi connectivity index (χ3n) is 13.1. The van der Waals surface area contributed by atoms with Gasteiger partial charge in [0.2, 0.25) is 0 Å². The van der Waals surface area contributed by atoms with E-state index >= 15 is 0 Å². The highest BCUT2D eigenvalue weighted by Gasteiger charge is 2.53. The summed E-state index contributed by atoms with van der Waals surface area (Å²) in [6, 6.07) is 93.4. The molecule has 0 unspecified atom stereocenters. The number of rotatable bonds is 7. The van der Waals surface area contributed by atoms with Crippen LogP contribution in [-0.4, -0.2) is 0 Å². The van der Waals surface area contributed by atoms with Gasteiger partial charge in [0.15, 0.2) is 0 Å². The Morgan fingerprint density at radius 3 is 1.41 bits per heavy atom. The zero-order valence-electron chi connectivity index (χ0n) is 34.6. The van der Waals surface area contributed by atoms with E-state index in [1.54, 1.807) is 0 Å². The lowest BCUT2D eigenvalue weighted by Gasteiger charge is -2.46. The van der Waals surface area contributed by atoms with Crippen LogP contribution < -0.4 is 9.80 Å². The normalized spacial score (nSPS) is 12.9. The van der Waals surface area contributed by atoms with Gasteiger partial charge in [-0.3, -0.25) is 0 Å². The summed E-state index contributed by atoms with van der Waals surface area (Å²) in [6.45, 7) is 0. The van der Waals surface area contributed by atoms with Gasteiger partial charge >= 0.3 is 0 Å². The van der Waals surface area contributed by atoms with Gasteiger partial charge in [0, 0.05) is 22.5 Å². The predicted octanol–water partition coefficient (Wildman–Crippen LogP) is 16.3. The first kappa shape index (κ1) is 36.6. The first-order chi connectivity index (χ1) is 31.3. The minimum atomic E-state index is -0.653. The molecule has 10 aromatic carbocycles. The summed E-state index contributed by atoms with van der Waals surface area (Å²) < 4.78 is 0. The average molecular weight is 803 g/mol. The van der Waals surface area contributed by atoms with E-state index < -0.39 is 5.41 Å². The largest absolute Gasteiger partial charge is 0.310 e. The molecule has 0 N–H and O–H groups in total. The number of benzene rings is 10. The molecule has 63 heavy (non-hydrogen) atoms. The molecule has 2 heteroatoms. The van der Waals surface area contributed by atoms with Crippen molar-refractivity contribution in [3.63, 3.8) is 0 Å². The van der Waals surface area contributed by atoms with E-state index in [1.165, 1.54) is 67.0 Å². The fraction of sp³-hybridized carbons (Fsp3) is 0.0164. The molecule has 2 aliphatic rings. The van der Waals surface area contributed by atoms with Gasteiger partial charge in [0.25, 0.3) is 0 Å². The van der Waals surface area contributed by atoms with Crippen LogP contribution in [0.25, 0.3) is 44.5 Å². The first-order valence-corrected chi connectivity index (χ1v) is 21.8. The van der Waals surface area contributed by atoms with Gasteiger partial charge in [-0.25, -0.2) is 0 Å². The van der Waals surface area contributed by atoms with Crippen molar-refractivity contribution in [2.24, 2.45) is 0 Å². The number of hydrogen-bond acceptors (Lipinski definition) is 2. The topological polar surface area (TPSA) is 6.48 Å². The highest BCUT2D eigenvalue weighted by Crippen LogP contribution is 2.66. The summed E-state index contributed by atoms with van der Waals surface area (Å²) in [5.41, 5.74) is 20.8. The van der Waals surface area contributed by atoms with E-state index in [-0.39, 0.29) is 0 Å². The maximum Gasteiger partial charge on any atom is 0.0774 e. The molecule has 10 aromatic rings. The lowest BCUT2D eigenvalue weighted by molar-refractivity contribution is 0.752. The van der Waals surface area contributed by atoms with Gasteiger partial charge in [0.05, 0.1) is 28.2 Å². The molecule has 0 fully saturated rings.